The van der Waals surface area contributed by atoms with Gasteiger partial charge in [-0.05, 0) is 47.5 Å². The number of benzene rings is 1. The Kier molecular flexibility index (Phi) is 4.89. The minimum atomic E-state index is -0.244. The first kappa shape index (κ1) is 14.7. The first-order valence-corrected chi connectivity index (χ1v) is 7.17. The van der Waals surface area contributed by atoms with E-state index in [0.717, 1.165) is 22.4 Å². The Morgan fingerprint density at radius 3 is 2.75 bits per heavy atom. The topological polar surface area (TPSA) is 49.8 Å². The number of nitrogens with one attached hydrogen (secondary N) is 2. The molecule has 6 heteroatoms. The Balaban J connectivity index is 2.19. The molecule has 0 bridgehead atoms. The van der Waals surface area contributed by atoms with Crippen LogP contribution in [0.1, 0.15) is 25.5 Å². The van der Waals surface area contributed by atoms with Crippen molar-refractivity contribution in [2.45, 2.75) is 19.9 Å². The Morgan fingerprint density at radius 1 is 1.30 bits per heavy atom. The molecule has 20 heavy (non-hydrogen) atoms. The fraction of sp³-hybridized carbons (Fsp3) is 0.286. The van der Waals surface area contributed by atoms with Gasteiger partial charge in [-0.2, -0.15) is 0 Å². The van der Waals surface area contributed by atoms with E-state index in [1.807, 2.05) is 19.9 Å². The van der Waals surface area contributed by atoms with E-state index in [1.165, 1.54) is 18.5 Å². The summed E-state index contributed by atoms with van der Waals surface area (Å²) in [7, 11) is 0. The molecule has 1 heterocycles. The summed E-state index contributed by atoms with van der Waals surface area (Å²) in [6.07, 6.45) is 1.49. The van der Waals surface area contributed by atoms with E-state index in [1.54, 1.807) is 6.07 Å². The summed E-state index contributed by atoms with van der Waals surface area (Å²) in [5.41, 5.74) is 0.862. The fourth-order valence-corrected chi connectivity index (χ4v) is 2.28. The van der Waals surface area contributed by atoms with Crippen molar-refractivity contribution in [1.82, 2.24) is 9.97 Å². The average Bonchev–Trinajstić information content (AvgIpc) is 2.43. The maximum Gasteiger partial charge on any atom is 0.146 e. The second-order valence-electron chi connectivity index (χ2n) is 4.34. The van der Waals surface area contributed by atoms with Crippen molar-refractivity contribution in [3.05, 3.63) is 46.4 Å². The SMILES string of the molecule is CCNc1ncnc(NC(C)c2cccc(F)c2)c1Br. The van der Waals surface area contributed by atoms with Crippen LogP contribution in [0.5, 0.6) is 0 Å². The van der Waals surface area contributed by atoms with E-state index in [0.29, 0.717) is 5.82 Å². The van der Waals surface area contributed by atoms with E-state index in [-0.39, 0.29) is 11.9 Å². The molecule has 2 aromatic rings. The molecule has 0 radical (unpaired) electrons. The normalized spacial score (nSPS) is 12.0. The highest BCUT2D eigenvalue weighted by molar-refractivity contribution is 9.10. The predicted octanol–water partition coefficient (Wildman–Crippen LogP) is 3.98. The lowest BCUT2D eigenvalue weighted by Gasteiger charge is -2.17. The number of nitrogens with zero attached hydrogens (tertiary/aromatic N) is 2. The summed E-state index contributed by atoms with van der Waals surface area (Å²) in [5.74, 6) is 1.16. The van der Waals surface area contributed by atoms with Gasteiger partial charge in [0, 0.05) is 6.54 Å². The summed E-state index contributed by atoms with van der Waals surface area (Å²) in [6.45, 7) is 4.72. The van der Waals surface area contributed by atoms with Gasteiger partial charge in [-0.25, -0.2) is 14.4 Å². The minimum Gasteiger partial charge on any atom is -0.369 e. The molecule has 0 saturated heterocycles. The van der Waals surface area contributed by atoms with Gasteiger partial charge in [-0.15, -0.1) is 0 Å². The molecule has 2 N–H and O–H groups in total. The van der Waals surface area contributed by atoms with E-state index in [9.17, 15) is 4.39 Å². The zero-order valence-corrected chi connectivity index (χ0v) is 12.9. The third kappa shape index (κ3) is 3.45. The molecular formula is C14H16BrFN4. The lowest BCUT2D eigenvalue weighted by Crippen LogP contribution is -2.10. The van der Waals surface area contributed by atoms with Gasteiger partial charge < -0.3 is 10.6 Å². The number of hydrogen-bond donors (Lipinski definition) is 2. The molecule has 1 unspecified atom stereocenters. The Morgan fingerprint density at radius 2 is 2.05 bits per heavy atom. The van der Waals surface area contributed by atoms with Gasteiger partial charge in [0.2, 0.25) is 0 Å². The maximum absolute atomic E-state index is 13.2. The predicted molar refractivity (Wildman–Crippen MR) is 82.3 cm³/mol. The summed E-state index contributed by atoms with van der Waals surface area (Å²) in [5, 5.41) is 6.39. The quantitative estimate of drug-likeness (QED) is 0.865. The van der Waals surface area contributed by atoms with Crippen LogP contribution in [0.25, 0.3) is 0 Å². The van der Waals surface area contributed by atoms with Crippen LogP contribution in [0.2, 0.25) is 0 Å². The van der Waals surface area contributed by atoms with E-state index in [4.69, 9.17) is 0 Å². The highest BCUT2D eigenvalue weighted by Crippen LogP contribution is 2.29. The second kappa shape index (κ2) is 6.65. The van der Waals surface area contributed by atoms with Crippen LogP contribution in [-0.2, 0) is 0 Å². The first-order chi connectivity index (χ1) is 9.61. The monoisotopic (exact) mass is 338 g/mol. The number of aromatic nitrogens is 2. The molecule has 1 aromatic heterocycles. The summed E-state index contributed by atoms with van der Waals surface area (Å²) in [6, 6.07) is 6.45. The van der Waals surface area contributed by atoms with Crippen molar-refractivity contribution in [3.63, 3.8) is 0 Å². The maximum atomic E-state index is 13.2. The fourth-order valence-electron chi connectivity index (χ4n) is 1.83. The van der Waals surface area contributed by atoms with Gasteiger partial charge in [0.05, 0.1) is 6.04 Å². The Labute approximate surface area is 126 Å². The molecule has 0 aliphatic carbocycles. The average molecular weight is 339 g/mol. The molecule has 0 fully saturated rings. The van der Waals surface area contributed by atoms with Gasteiger partial charge in [0.25, 0.3) is 0 Å². The Bertz CT molecular complexity index is 591. The van der Waals surface area contributed by atoms with Gasteiger partial charge in [0.1, 0.15) is 28.3 Å². The first-order valence-electron chi connectivity index (χ1n) is 6.38. The molecule has 0 aliphatic heterocycles. The van der Waals surface area contributed by atoms with Crippen molar-refractivity contribution in [1.29, 1.82) is 0 Å². The Hall–Kier alpha value is -1.69. The van der Waals surface area contributed by atoms with Crippen LogP contribution in [0, 0.1) is 5.82 Å². The number of rotatable bonds is 5. The molecule has 1 atom stereocenters. The lowest BCUT2D eigenvalue weighted by atomic mass is 10.1. The van der Waals surface area contributed by atoms with E-state index in [2.05, 4.69) is 36.5 Å². The van der Waals surface area contributed by atoms with Crippen LogP contribution in [-0.4, -0.2) is 16.5 Å². The van der Waals surface area contributed by atoms with Gasteiger partial charge in [0.15, 0.2) is 0 Å². The molecule has 0 aliphatic rings. The van der Waals surface area contributed by atoms with Gasteiger partial charge >= 0.3 is 0 Å². The molecule has 0 spiro atoms. The molecule has 0 amide bonds. The molecule has 2 rings (SSSR count). The molecule has 106 valence electrons. The summed E-state index contributed by atoms with van der Waals surface area (Å²) in [4.78, 5) is 8.36. The van der Waals surface area contributed by atoms with E-state index < -0.39 is 0 Å². The zero-order valence-electron chi connectivity index (χ0n) is 11.3. The second-order valence-corrected chi connectivity index (χ2v) is 5.13. The molecule has 0 saturated carbocycles. The highest BCUT2D eigenvalue weighted by atomic mass is 79.9. The minimum absolute atomic E-state index is 0.0635. The number of hydrogen-bond acceptors (Lipinski definition) is 4. The smallest absolute Gasteiger partial charge is 0.146 e. The van der Waals surface area contributed by atoms with Gasteiger partial charge in [-0.1, -0.05) is 12.1 Å². The lowest BCUT2D eigenvalue weighted by molar-refractivity contribution is 0.623. The van der Waals surface area contributed by atoms with Crippen molar-refractivity contribution >= 4 is 27.6 Å². The van der Waals surface area contributed by atoms with Crippen molar-refractivity contribution < 1.29 is 4.39 Å². The van der Waals surface area contributed by atoms with E-state index >= 15 is 0 Å². The third-order valence-electron chi connectivity index (χ3n) is 2.84. The zero-order chi connectivity index (χ0) is 14.5. The van der Waals surface area contributed by atoms with Crippen LogP contribution in [0.4, 0.5) is 16.0 Å². The van der Waals surface area contributed by atoms with Crippen LogP contribution in [0.3, 0.4) is 0 Å². The summed E-state index contributed by atoms with van der Waals surface area (Å²) >= 11 is 3.47. The molecular weight excluding hydrogens is 323 g/mol. The summed E-state index contributed by atoms with van der Waals surface area (Å²) < 4.78 is 14.0. The van der Waals surface area contributed by atoms with Gasteiger partial charge in [-0.3, -0.25) is 0 Å². The van der Waals surface area contributed by atoms with Crippen LogP contribution in [0.15, 0.2) is 35.1 Å². The number of anilines is 2. The van der Waals surface area contributed by atoms with Crippen LogP contribution < -0.4 is 10.6 Å². The molecule has 1 aromatic carbocycles. The largest absolute Gasteiger partial charge is 0.369 e. The van der Waals surface area contributed by atoms with Crippen molar-refractivity contribution in [2.24, 2.45) is 0 Å². The molecule has 4 nitrogen and oxygen atoms in total. The highest BCUT2D eigenvalue weighted by Gasteiger charge is 2.12. The third-order valence-corrected chi connectivity index (χ3v) is 3.59. The van der Waals surface area contributed by atoms with Crippen LogP contribution >= 0.6 is 15.9 Å². The van der Waals surface area contributed by atoms with Crippen molar-refractivity contribution in [2.75, 3.05) is 17.2 Å². The van der Waals surface area contributed by atoms with Crippen molar-refractivity contribution in [3.8, 4) is 0 Å². The standard InChI is InChI=1S/C14H16BrFN4/c1-3-17-13-12(15)14(19-8-18-13)20-9(2)10-5-4-6-11(16)7-10/h4-9H,3H2,1-2H3,(H2,17,18,19,20). The number of halogens is 2.